The number of hydrogen-bond donors (Lipinski definition) is 1. The molecule has 0 aliphatic carbocycles. The zero-order valence-electron chi connectivity index (χ0n) is 12.8. The lowest BCUT2D eigenvalue weighted by Crippen LogP contribution is -2.45. The maximum Gasteiger partial charge on any atom is 0.119 e. The monoisotopic (exact) mass is 277 g/mol. The van der Waals surface area contributed by atoms with Gasteiger partial charge in [0.25, 0.3) is 0 Å². The normalized spacial score (nSPS) is 17.3. The first-order valence-electron chi connectivity index (χ1n) is 7.55. The molecular weight excluding hydrogens is 250 g/mol. The van der Waals surface area contributed by atoms with Gasteiger partial charge in [-0.15, -0.1) is 0 Å². The van der Waals surface area contributed by atoms with E-state index in [4.69, 9.17) is 4.74 Å². The van der Waals surface area contributed by atoms with Gasteiger partial charge in [-0.1, -0.05) is 12.1 Å². The van der Waals surface area contributed by atoms with Gasteiger partial charge in [0.1, 0.15) is 12.4 Å². The van der Waals surface area contributed by atoms with Gasteiger partial charge in [0.15, 0.2) is 0 Å². The van der Waals surface area contributed by atoms with Crippen LogP contribution in [0.1, 0.15) is 5.56 Å². The van der Waals surface area contributed by atoms with Gasteiger partial charge in [-0.05, 0) is 44.8 Å². The van der Waals surface area contributed by atoms with Crippen molar-refractivity contribution in [2.45, 2.75) is 6.42 Å². The van der Waals surface area contributed by atoms with E-state index in [0.29, 0.717) is 0 Å². The predicted molar refractivity (Wildman–Crippen MR) is 83.5 cm³/mol. The first-order valence-corrected chi connectivity index (χ1v) is 7.55. The van der Waals surface area contributed by atoms with Crippen LogP contribution < -0.4 is 10.1 Å². The van der Waals surface area contributed by atoms with Crippen LogP contribution in [0.3, 0.4) is 0 Å². The van der Waals surface area contributed by atoms with Gasteiger partial charge < -0.3 is 15.0 Å². The summed E-state index contributed by atoms with van der Waals surface area (Å²) < 4.78 is 5.88. The van der Waals surface area contributed by atoms with E-state index in [1.54, 1.807) is 0 Å². The fourth-order valence-corrected chi connectivity index (χ4v) is 2.42. The summed E-state index contributed by atoms with van der Waals surface area (Å²) >= 11 is 0. The van der Waals surface area contributed by atoms with Crippen molar-refractivity contribution in [3.8, 4) is 5.75 Å². The van der Waals surface area contributed by atoms with Crippen LogP contribution in [0.25, 0.3) is 0 Å². The first kappa shape index (κ1) is 15.3. The van der Waals surface area contributed by atoms with E-state index in [9.17, 15) is 0 Å². The third kappa shape index (κ3) is 5.12. The zero-order valence-corrected chi connectivity index (χ0v) is 12.8. The van der Waals surface area contributed by atoms with Crippen LogP contribution in [0.5, 0.6) is 5.75 Å². The highest BCUT2D eigenvalue weighted by Crippen LogP contribution is 2.13. The molecule has 0 unspecified atom stereocenters. The Balaban J connectivity index is 1.70. The summed E-state index contributed by atoms with van der Waals surface area (Å²) in [6.07, 6.45) is 1.05. The van der Waals surface area contributed by atoms with E-state index >= 15 is 0 Å². The fourth-order valence-electron chi connectivity index (χ4n) is 2.42. The molecule has 2 rings (SSSR count). The zero-order chi connectivity index (χ0) is 14.2. The number of rotatable bonds is 7. The van der Waals surface area contributed by atoms with Crippen LogP contribution in [-0.4, -0.2) is 69.8 Å². The molecule has 1 heterocycles. The molecule has 1 N–H and O–H groups in total. The van der Waals surface area contributed by atoms with Crippen molar-refractivity contribution in [2.24, 2.45) is 0 Å². The topological polar surface area (TPSA) is 27.7 Å². The third-order valence-electron chi connectivity index (χ3n) is 3.83. The number of ether oxygens (including phenoxy) is 1. The number of benzene rings is 1. The van der Waals surface area contributed by atoms with Crippen LogP contribution in [0.15, 0.2) is 24.3 Å². The van der Waals surface area contributed by atoms with Crippen molar-refractivity contribution in [1.82, 2.24) is 15.1 Å². The van der Waals surface area contributed by atoms with Crippen molar-refractivity contribution >= 4 is 0 Å². The average molecular weight is 277 g/mol. The molecule has 0 bridgehead atoms. The summed E-state index contributed by atoms with van der Waals surface area (Å²) in [5, 5.41) is 3.17. The van der Waals surface area contributed by atoms with E-state index in [-0.39, 0.29) is 0 Å². The number of piperazine rings is 1. The van der Waals surface area contributed by atoms with E-state index in [0.717, 1.165) is 45.0 Å². The minimum absolute atomic E-state index is 0.777. The third-order valence-corrected chi connectivity index (χ3v) is 3.83. The van der Waals surface area contributed by atoms with Gasteiger partial charge in [-0.2, -0.15) is 0 Å². The summed E-state index contributed by atoms with van der Waals surface area (Å²) in [6.45, 7) is 7.45. The molecule has 4 heteroatoms. The molecule has 0 radical (unpaired) electrons. The molecule has 1 saturated heterocycles. The molecule has 0 saturated carbocycles. The Morgan fingerprint density at radius 2 is 2.00 bits per heavy atom. The van der Waals surface area contributed by atoms with Gasteiger partial charge in [-0.25, -0.2) is 0 Å². The van der Waals surface area contributed by atoms with Gasteiger partial charge in [-0.3, -0.25) is 4.90 Å². The minimum atomic E-state index is 0.777. The molecule has 0 spiro atoms. The summed E-state index contributed by atoms with van der Waals surface area (Å²) in [5.74, 6) is 0.993. The molecule has 1 aromatic carbocycles. The first-order chi connectivity index (χ1) is 9.78. The summed E-state index contributed by atoms with van der Waals surface area (Å²) in [7, 11) is 4.17. The molecule has 1 fully saturated rings. The SMILES string of the molecule is CNCCc1cccc(OCCN2CCN(C)CC2)c1. The second-order valence-electron chi connectivity index (χ2n) is 5.49. The van der Waals surface area contributed by atoms with E-state index in [1.165, 1.54) is 18.7 Å². The van der Waals surface area contributed by atoms with Crippen LogP contribution in [-0.2, 0) is 6.42 Å². The maximum absolute atomic E-state index is 5.88. The highest BCUT2D eigenvalue weighted by Gasteiger charge is 2.13. The molecule has 0 amide bonds. The molecule has 0 atom stereocenters. The van der Waals surface area contributed by atoms with E-state index < -0.39 is 0 Å². The van der Waals surface area contributed by atoms with Gasteiger partial charge >= 0.3 is 0 Å². The second kappa shape index (κ2) is 8.25. The number of likely N-dealkylation sites (N-methyl/N-ethyl adjacent to an activating group) is 2. The van der Waals surface area contributed by atoms with Gasteiger partial charge in [0.2, 0.25) is 0 Å². The summed E-state index contributed by atoms with van der Waals surface area (Å²) in [6, 6.07) is 8.44. The largest absolute Gasteiger partial charge is 0.492 e. The molecular formula is C16H27N3O. The van der Waals surface area contributed by atoms with Crippen molar-refractivity contribution in [3.63, 3.8) is 0 Å². The van der Waals surface area contributed by atoms with Gasteiger partial charge in [0.05, 0.1) is 0 Å². The van der Waals surface area contributed by atoms with Crippen LogP contribution in [0, 0.1) is 0 Å². The van der Waals surface area contributed by atoms with Crippen LogP contribution in [0.2, 0.25) is 0 Å². The Morgan fingerprint density at radius 1 is 1.20 bits per heavy atom. The lowest BCUT2D eigenvalue weighted by Gasteiger charge is -2.32. The quantitative estimate of drug-likeness (QED) is 0.807. The lowest BCUT2D eigenvalue weighted by molar-refractivity contribution is 0.133. The fraction of sp³-hybridized carbons (Fsp3) is 0.625. The number of hydrogen-bond acceptors (Lipinski definition) is 4. The highest BCUT2D eigenvalue weighted by atomic mass is 16.5. The van der Waals surface area contributed by atoms with Crippen LogP contribution >= 0.6 is 0 Å². The molecule has 4 nitrogen and oxygen atoms in total. The van der Waals surface area contributed by atoms with Crippen molar-refractivity contribution in [2.75, 3.05) is 60.0 Å². The standard InChI is InChI=1S/C16H27N3O/c1-17-7-6-15-4-3-5-16(14-15)20-13-12-19-10-8-18(2)9-11-19/h3-5,14,17H,6-13H2,1-2H3. The summed E-state index contributed by atoms with van der Waals surface area (Å²) in [5.41, 5.74) is 1.33. The Hall–Kier alpha value is -1.10. The molecule has 20 heavy (non-hydrogen) atoms. The highest BCUT2D eigenvalue weighted by molar-refractivity contribution is 5.28. The molecule has 0 aromatic heterocycles. The Kier molecular flexibility index (Phi) is 6.30. The van der Waals surface area contributed by atoms with E-state index in [2.05, 4.69) is 40.4 Å². The summed E-state index contributed by atoms with van der Waals surface area (Å²) in [4.78, 5) is 4.85. The number of nitrogens with zero attached hydrogens (tertiary/aromatic N) is 2. The van der Waals surface area contributed by atoms with Crippen molar-refractivity contribution in [1.29, 1.82) is 0 Å². The Labute approximate surface area is 122 Å². The van der Waals surface area contributed by atoms with Crippen molar-refractivity contribution in [3.05, 3.63) is 29.8 Å². The lowest BCUT2D eigenvalue weighted by atomic mass is 10.1. The number of nitrogens with one attached hydrogen (secondary N) is 1. The van der Waals surface area contributed by atoms with E-state index in [1.807, 2.05) is 13.1 Å². The van der Waals surface area contributed by atoms with Gasteiger partial charge in [0, 0.05) is 32.7 Å². The smallest absolute Gasteiger partial charge is 0.119 e. The maximum atomic E-state index is 5.88. The van der Waals surface area contributed by atoms with Crippen molar-refractivity contribution < 1.29 is 4.74 Å². The molecule has 1 aliphatic heterocycles. The van der Waals surface area contributed by atoms with Crippen LogP contribution in [0.4, 0.5) is 0 Å². The molecule has 1 aliphatic rings. The second-order valence-corrected chi connectivity index (χ2v) is 5.49. The molecule has 112 valence electrons. The minimum Gasteiger partial charge on any atom is -0.492 e. The predicted octanol–water partition coefficient (Wildman–Crippen LogP) is 1.07. The average Bonchev–Trinajstić information content (AvgIpc) is 2.48. The molecule has 1 aromatic rings. The Morgan fingerprint density at radius 3 is 2.75 bits per heavy atom. The Bertz CT molecular complexity index is 389.